The van der Waals surface area contributed by atoms with Crippen LogP contribution in [0.4, 0.5) is 14.7 Å². The number of nitrogens with two attached hydrogens (primary N) is 1. The van der Waals surface area contributed by atoms with Crippen LogP contribution in [0, 0.1) is 10.1 Å². The molecule has 2 N–H and O–H groups in total. The number of aromatic nitrogens is 3. The van der Waals surface area contributed by atoms with Gasteiger partial charge >= 0.3 is 17.8 Å². The first-order chi connectivity index (χ1) is 9.66. The van der Waals surface area contributed by atoms with Gasteiger partial charge in [-0.1, -0.05) is 4.98 Å². The number of hydrogen-bond acceptors (Lipinski definition) is 7. The molecular formula is C9H9F2N5O5. The zero-order valence-corrected chi connectivity index (χ0v) is 10.4. The first kappa shape index (κ1) is 14.7. The van der Waals surface area contributed by atoms with Gasteiger partial charge in [0.1, 0.15) is 6.54 Å². The summed E-state index contributed by atoms with van der Waals surface area (Å²) >= 11 is 0. The molecule has 114 valence electrons. The normalized spacial score (nSPS) is 16.3. The maximum absolute atomic E-state index is 13.6. The molecule has 0 unspecified atom stereocenters. The smallest absolute Gasteiger partial charge is 0.444 e. The molecule has 0 spiro atoms. The van der Waals surface area contributed by atoms with Crippen molar-refractivity contribution in [1.82, 2.24) is 14.8 Å². The minimum Gasteiger partial charge on any atom is -0.444 e. The van der Waals surface area contributed by atoms with E-state index in [4.69, 9.17) is 5.73 Å². The number of amides is 1. The van der Waals surface area contributed by atoms with Crippen molar-refractivity contribution >= 4 is 17.8 Å². The van der Waals surface area contributed by atoms with Crippen molar-refractivity contribution in [1.29, 1.82) is 0 Å². The van der Waals surface area contributed by atoms with Crippen LogP contribution >= 0.6 is 0 Å². The van der Waals surface area contributed by atoms with Gasteiger partial charge in [-0.2, -0.15) is 13.5 Å². The van der Waals surface area contributed by atoms with Crippen LogP contribution < -0.4 is 5.73 Å². The van der Waals surface area contributed by atoms with E-state index in [1.165, 1.54) is 0 Å². The molecule has 1 aliphatic rings. The summed E-state index contributed by atoms with van der Waals surface area (Å²) < 4.78 is 32.2. The molecule has 0 aliphatic heterocycles. The first-order valence-corrected chi connectivity index (χ1v) is 5.61. The Balaban J connectivity index is 2.05. The van der Waals surface area contributed by atoms with Gasteiger partial charge in [0.2, 0.25) is 6.33 Å². The molecule has 1 aromatic heterocycles. The fourth-order valence-corrected chi connectivity index (χ4v) is 1.48. The molecule has 1 fully saturated rings. The molecular weight excluding hydrogens is 296 g/mol. The highest BCUT2D eigenvalue weighted by atomic mass is 19.3. The highest BCUT2D eigenvalue weighted by Gasteiger charge is 2.56. The van der Waals surface area contributed by atoms with Gasteiger partial charge in [-0.15, -0.1) is 0 Å². The van der Waals surface area contributed by atoms with Crippen LogP contribution in [0.25, 0.3) is 0 Å². The average Bonchev–Trinajstić information content (AvgIpc) is 3.00. The second-order valence-corrected chi connectivity index (χ2v) is 4.45. The highest BCUT2D eigenvalue weighted by Crippen LogP contribution is 2.40. The number of ether oxygens (including phenoxy) is 1. The summed E-state index contributed by atoms with van der Waals surface area (Å²) in [6.07, 6.45) is 0.845. The average molecular weight is 305 g/mol. The van der Waals surface area contributed by atoms with Crippen molar-refractivity contribution in [2.75, 3.05) is 0 Å². The SMILES string of the molecule is NC(=O)C1(OC(=O)C(F)(F)Cn2cnc([N+](=O)[O-])n2)CC1. The number of hydrogen-bond donors (Lipinski definition) is 1. The van der Waals surface area contributed by atoms with Crippen molar-refractivity contribution in [3.05, 3.63) is 16.4 Å². The maximum Gasteiger partial charge on any atom is 0.490 e. The van der Waals surface area contributed by atoms with E-state index in [0.29, 0.717) is 11.0 Å². The molecule has 0 aromatic carbocycles. The number of esters is 1. The van der Waals surface area contributed by atoms with Gasteiger partial charge in [0, 0.05) is 17.9 Å². The quantitative estimate of drug-likeness (QED) is 0.419. The minimum absolute atomic E-state index is 0.0823. The molecule has 1 saturated carbocycles. The number of halogens is 2. The first-order valence-electron chi connectivity index (χ1n) is 5.61. The van der Waals surface area contributed by atoms with E-state index in [0.717, 1.165) is 0 Å². The maximum atomic E-state index is 13.6. The van der Waals surface area contributed by atoms with E-state index in [9.17, 15) is 28.5 Å². The van der Waals surface area contributed by atoms with Gasteiger partial charge in [-0.25, -0.2) is 4.79 Å². The number of carbonyl (C=O) groups excluding carboxylic acids is 2. The Morgan fingerprint density at radius 2 is 2.19 bits per heavy atom. The molecule has 12 heteroatoms. The van der Waals surface area contributed by atoms with Crippen LogP contribution in [0.5, 0.6) is 0 Å². The zero-order chi connectivity index (χ0) is 15.8. The summed E-state index contributed by atoms with van der Waals surface area (Å²) in [6, 6.07) is 0. The Kier molecular flexibility index (Phi) is 3.31. The molecule has 0 bridgehead atoms. The Labute approximate surface area is 115 Å². The lowest BCUT2D eigenvalue weighted by Crippen LogP contribution is -2.43. The topological polar surface area (TPSA) is 143 Å². The van der Waals surface area contributed by atoms with E-state index in [1.54, 1.807) is 0 Å². The van der Waals surface area contributed by atoms with Gasteiger partial charge in [0.05, 0.1) is 0 Å². The van der Waals surface area contributed by atoms with E-state index in [2.05, 4.69) is 14.8 Å². The third kappa shape index (κ3) is 2.93. The molecule has 2 rings (SSSR count). The number of carbonyl (C=O) groups is 2. The summed E-state index contributed by atoms with van der Waals surface area (Å²) in [5.74, 6) is -7.86. The Bertz CT molecular complexity index is 611. The summed E-state index contributed by atoms with van der Waals surface area (Å²) in [5, 5.41) is 13.5. The van der Waals surface area contributed by atoms with Gasteiger partial charge in [0.25, 0.3) is 5.91 Å². The lowest BCUT2D eigenvalue weighted by atomic mass is 10.3. The van der Waals surface area contributed by atoms with Crippen molar-refractivity contribution in [3.8, 4) is 0 Å². The van der Waals surface area contributed by atoms with E-state index >= 15 is 0 Å². The molecule has 1 amide bonds. The monoisotopic (exact) mass is 305 g/mol. The Hall–Kier alpha value is -2.66. The third-order valence-electron chi connectivity index (χ3n) is 2.79. The second-order valence-electron chi connectivity index (χ2n) is 4.45. The van der Waals surface area contributed by atoms with E-state index in [1.807, 2.05) is 0 Å². The van der Waals surface area contributed by atoms with Crippen LogP contribution in [0.1, 0.15) is 12.8 Å². The van der Waals surface area contributed by atoms with Crippen LogP contribution in [-0.4, -0.2) is 43.1 Å². The van der Waals surface area contributed by atoms with Crippen molar-refractivity contribution in [2.45, 2.75) is 30.9 Å². The Morgan fingerprint density at radius 1 is 1.57 bits per heavy atom. The highest BCUT2D eigenvalue weighted by molar-refractivity contribution is 5.90. The molecule has 0 atom stereocenters. The van der Waals surface area contributed by atoms with Crippen LogP contribution in [0.15, 0.2) is 6.33 Å². The van der Waals surface area contributed by atoms with Crippen molar-refractivity contribution < 1.29 is 28.0 Å². The lowest BCUT2D eigenvalue weighted by Gasteiger charge is -2.18. The standard InChI is InChI=1S/C9H9F2N5O5/c10-9(11,3-15-4-13-7(14-15)16(19)20)6(18)21-8(1-2-8)5(12)17/h4H,1-3H2,(H2,12,17). The third-order valence-corrected chi connectivity index (χ3v) is 2.79. The predicted octanol–water partition coefficient (Wildman–Crippen LogP) is -0.617. The lowest BCUT2D eigenvalue weighted by molar-refractivity contribution is -0.394. The number of nitrogens with zero attached hydrogens (tertiary/aromatic N) is 4. The van der Waals surface area contributed by atoms with Gasteiger partial charge in [-0.3, -0.25) is 4.79 Å². The molecule has 1 heterocycles. The van der Waals surface area contributed by atoms with Crippen LogP contribution in [0.2, 0.25) is 0 Å². The second kappa shape index (κ2) is 4.71. The molecule has 1 aromatic rings. The fourth-order valence-electron chi connectivity index (χ4n) is 1.48. The van der Waals surface area contributed by atoms with Gasteiger partial charge < -0.3 is 20.6 Å². The van der Waals surface area contributed by atoms with E-state index in [-0.39, 0.29) is 12.8 Å². The molecule has 10 nitrogen and oxygen atoms in total. The number of alkyl halides is 2. The summed E-state index contributed by atoms with van der Waals surface area (Å²) in [5.41, 5.74) is 3.28. The van der Waals surface area contributed by atoms with E-state index < -0.39 is 40.8 Å². The largest absolute Gasteiger partial charge is 0.490 e. The zero-order valence-electron chi connectivity index (χ0n) is 10.4. The molecule has 1 aliphatic carbocycles. The van der Waals surface area contributed by atoms with Crippen molar-refractivity contribution in [2.24, 2.45) is 5.73 Å². The predicted molar refractivity (Wildman–Crippen MR) is 58.9 cm³/mol. The van der Waals surface area contributed by atoms with Crippen molar-refractivity contribution in [3.63, 3.8) is 0 Å². The summed E-state index contributed by atoms with van der Waals surface area (Å²) in [4.78, 5) is 34.9. The van der Waals surface area contributed by atoms with Gasteiger partial charge in [0.15, 0.2) is 5.60 Å². The van der Waals surface area contributed by atoms with Crippen LogP contribution in [-0.2, 0) is 20.9 Å². The van der Waals surface area contributed by atoms with Gasteiger partial charge in [-0.05, 0) is 4.92 Å². The minimum atomic E-state index is -4.04. The molecule has 0 radical (unpaired) electrons. The number of rotatable bonds is 6. The summed E-state index contributed by atoms with van der Waals surface area (Å²) in [7, 11) is 0. The number of nitro groups is 1. The summed E-state index contributed by atoms with van der Waals surface area (Å²) in [6.45, 7) is -1.30. The Morgan fingerprint density at radius 3 is 2.62 bits per heavy atom. The number of primary amides is 1. The molecule has 0 saturated heterocycles. The van der Waals surface area contributed by atoms with Crippen LogP contribution in [0.3, 0.4) is 0 Å². The molecule has 21 heavy (non-hydrogen) atoms. The fraction of sp³-hybridized carbons (Fsp3) is 0.556.